The minimum atomic E-state index is -4.66. The Morgan fingerprint density at radius 1 is 1.27 bits per heavy atom. The van der Waals surface area contributed by atoms with Gasteiger partial charge in [0.2, 0.25) is 0 Å². The predicted octanol–water partition coefficient (Wildman–Crippen LogP) is 6.07. The number of carbonyl (C=O) groups excluding carboxylic acids is 2. The van der Waals surface area contributed by atoms with Gasteiger partial charge >= 0.3 is 18.1 Å². The van der Waals surface area contributed by atoms with Crippen molar-refractivity contribution in [1.29, 1.82) is 0 Å². The van der Waals surface area contributed by atoms with Gasteiger partial charge in [0.15, 0.2) is 17.0 Å². The summed E-state index contributed by atoms with van der Waals surface area (Å²) in [5, 5.41) is 8.91. The summed E-state index contributed by atoms with van der Waals surface area (Å²) in [4.78, 5) is 31.7. The van der Waals surface area contributed by atoms with Crippen LogP contribution in [0, 0.1) is 5.92 Å². The van der Waals surface area contributed by atoms with Crippen LogP contribution in [0.1, 0.15) is 32.5 Å². The highest BCUT2D eigenvalue weighted by atomic mass is 79.9. The van der Waals surface area contributed by atoms with Gasteiger partial charge in [-0.05, 0) is 22.0 Å². The number of thioether (sulfide) groups is 1. The Hall–Kier alpha value is -1.98. The van der Waals surface area contributed by atoms with Crippen molar-refractivity contribution in [3.05, 3.63) is 38.1 Å². The van der Waals surface area contributed by atoms with Crippen LogP contribution in [0.5, 0.6) is 0 Å². The summed E-state index contributed by atoms with van der Waals surface area (Å²) in [5.74, 6) is -1.61. The molecule has 0 amide bonds. The first kappa shape index (κ1) is 31.0. The van der Waals surface area contributed by atoms with E-state index in [-0.39, 0.29) is 20.6 Å². The Labute approximate surface area is 252 Å². The van der Waals surface area contributed by atoms with Gasteiger partial charge in [-0.2, -0.15) is 13.2 Å². The number of ether oxygens (including phenoxy) is 3. The number of pyridine rings is 1. The topological polar surface area (TPSA) is 118 Å². The van der Waals surface area contributed by atoms with Crippen molar-refractivity contribution in [2.24, 2.45) is 5.92 Å². The summed E-state index contributed by atoms with van der Waals surface area (Å²) in [6.45, 7) is 4.13. The molecule has 1 aliphatic heterocycles. The van der Waals surface area contributed by atoms with Gasteiger partial charge in [0.25, 0.3) is 0 Å². The van der Waals surface area contributed by atoms with Gasteiger partial charge in [-0.1, -0.05) is 58.4 Å². The van der Waals surface area contributed by atoms with E-state index in [4.69, 9.17) is 37.4 Å². The van der Waals surface area contributed by atoms with Crippen molar-refractivity contribution in [1.82, 2.24) is 25.0 Å². The van der Waals surface area contributed by atoms with Crippen LogP contribution < -0.4 is 0 Å². The number of halogens is 6. The zero-order valence-corrected chi connectivity index (χ0v) is 25.4. The van der Waals surface area contributed by atoms with E-state index in [0.717, 1.165) is 29.3 Å². The minimum absolute atomic E-state index is 0.114. The quantitative estimate of drug-likeness (QED) is 0.268. The Kier molecular flexibility index (Phi) is 9.67. The molecule has 18 heteroatoms. The Morgan fingerprint density at radius 2 is 2.00 bits per heavy atom. The average Bonchev–Trinajstić information content (AvgIpc) is 3.45. The van der Waals surface area contributed by atoms with Crippen LogP contribution in [-0.2, 0) is 30.0 Å². The third kappa shape index (κ3) is 7.07. The van der Waals surface area contributed by atoms with Gasteiger partial charge in [0, 0.05) is 35.3 Å². The predicted molar refractivity (Wildman–Crippen MR) is 143 cm³/mol. The van der Waals surface area contributed by atoms with Crippen LogP contribution in [0.4, 0.5) is 13.2 Å². The fourth-order valence-corrected chi connectivity index (χ4v) is 6.98. The van der Waals surface area contributed by atoms with Crippen molar-refractivity contribution in [2.45, 2.75) is 55.5 Å². The van der Waals surface area contributed by atoms with Crippen LogP contribution in [0.3, 0.4) is 0 Å². The number of nitrogens with zero attached hydrogens (tertiary/aromatic N) is 5. The van der Waals surface area contributed by atoms with Crippen molar-refractivity contribution < 1.29 is 37.0 Å². The standard InChI is InChI=1S/C22H19BrCl2F3N5O5S2/c1-8-14(7-36-9(2)34)38-21(39-11-4-12(23)17(29-5-11)22(26,27)28)16(37-10(3)35)15(8)33-6-13(31-32-33)20-30-18(24)19(25)40-20/h4-6,8,14-16,21H,7H2,1-3H3/t8-,14?,15?,16-,21+/m0/s1. The van der Waals surface area contributed by atoms with Crippen molar-refractivity contribution >= 4 is 74.2 Å². The van der Waals surface area contributed by atoms with E-state index >= 15 is 0 Å². The van der Waals surface area contributed by atoms with Gasteiger partial charge in [0.05, 0.1) is 18.3 Å². The Balaban J connectivity index is 1.72. The van der Waals surface area contributed by atoms with Crippen LogP contribution >= 0.6 is 62.2 Å². The molecule has 3 aromatic heterocycles. The lowest BCUT2D eigenvalue weighted by molar-refractivity contribution is -0.185. The van der Waals surface area contributed by atoms with Crippen LogP contribution in [0.25, 0.3) is 10.7 Å². The first-order valence-corrected chi connectivity index (χ1v) is 14.6. The molecule has 40 heavy (non-hydrogen) atoms. The average molecular weight is 705 g/mol. The molecule has 0 spiro atoms. The number of carbonyl (C=O) groups is 2. The van der Waals surface area contributed by atoms with E-state index in [0.29, 0.717) is 15.6 Å². The first-order valence-electron chi connectivity index (χ1n) is 11.3. The molecule has 5 atom stereocenters. The third-order valence-electron chi connectivity index (χ3n) is 5.71. The van der Waals surface area contributed by atoms with Gasteiger partial charge < -0.3 is 14.2 Å². The van der Waals surface area contributed by atoms with Crippen LogP contribution in [0.2, 0.25) is 9.49 Å². The molecule has 0 saturated carbocycles. The number of rotatable bonds is 7. The summed E-state index contributed by atoms with van der Waals surface area (Å²) in [5.41, 5.74) is -1.70. The summed E-state index contributed by atoms with van der Waals surface area (Å²) >= 11 is 17.0. The lowest BCUT2D eigenvalue weighted by Crippen LogP contribution is -2.52. The molecule has 3 aromatic rings. The lowest BCUT2D eigenvalue weighted by Gasteiger charge is -2.44. The van der Waals surface area contributed by atoms with Crippen molar-refractivity contribution in [2.75, 3.05) is 6.61 Å². The van der Waals surface area contributed by atoms with Crippen LogP contribution in [0.15, 0.2) is 27.8 Å². The number of alkyl halides is 3. The highest BCUT2D eigenvalue weighted by molar-refractivity contribution is 9.10. The maximum Gasteiger partial charge on any atom is 0.434 e. The SMILES string of the molecule is CC(=O)OCC1O[C@H](Sc2cnc(C(F)(F)F)c(Br)c2)[C@@H](OC(C)=O)C(n2cc(-c3nc(Cl)c(Cl)s3)nn2)[C@H]1C. The van der Waals surface area contributed by atoms with Gasteiger partial charge in [-0.15, -0.1) is 5.10 Å². The lowest BCUT2D eigenvalue weighted by atomic mass is 9.89. The molecule has 1 saturated heterocycles. The van der Waals surface area contributed by atoms with Crippen molar-refractivity contribution in [3.63, 3.8) is 0 Å². The van der Waals surface area contributed by atoms with Gasteiger partial charge in [-0.25, -0.2) is 14.6 Å². The Morgan fingerprint density at radius 3 is 2.58 bits per heavy atom. The second kappa shape index (κ2) is 12.5. The van der Waals surface area contributed by atoms with E-state index in [9.17, 15) is 22.8 Å². The van der Waals surface area contributed by atoms with E-state index < -0.39 is 53.4 Å². The molecule has 1 fully saturated rings. The normalized spacial score (nSPS) is 23.2. The number of esters is 2. The number of thiazole rings is 1. The zero-order valence-electron chi connectivity index (χ0n) is 20.7. The molecule has 0 aromatic carbocycles. The summed E-state index contributed by atoms with van der Waals surface area (Å²) in [6, 6.07) is 0.542. The summed E-state index contributed by atoms with van der Waals surface area (Å²) in [7, 11) is 0. The Bertz CT molecular complexity index is 1390. The second-order valence-electron chi connectivity index (χ2n) is 8.55. The summed E-state index contributed by atoms with van der Waals surface area (Å²) < 4.78 is 58.2. The van der Waals surface area contributed by atoms with E-state index in [2.05, 4.69) is 36.2 Å². The van der Waals surface area contributed by atoms with E-state index in [1.54, 1.807) is 13.1 Å². The molecule has 0 aliphatic carbocycles. The number of hydrogen-bond acceptors (Lipinski definition) is 11. The number of hydrogen-bond donors (Lipinski definition) is 0. The molecule has 4 rings (SSSR count). The highest BCUT2D eigenvalue weighted by Crippen LogP contribution is 2.44. The molecule has 216 valence electrons. The van der Waals surface area contributed by atoms with Gasteiger partial charge in [0.1, 0.15) is 27.1 Å². The van der Waals surface area contributed by atoms with Gasteiger partial charge in [-0.3, -0.25) is 9.59 Å². The first-order chi connectivity index (χ1) is 18.7. The minimum Gasteiger partial charge on any atom is -0.463 e. The smallest absolute Gasteiger partial charge is 0.434 e. The highest BCUT2D eigenvalue weighted by Gasteiger charge is 2.48. The molecule has 1 aliphatic rings. The molecular formula is C22H19BrCl2F3N5O5S2. The molecule has 2 unspecified atom stereocenters. The van der Waals surface area contributed by atoms with Crippen LogP contribution in [-0.4, -0.2) is 61.2 Å². The molecule has 0 bridgehead atoms. The largest absolute Gasteiger partial charge is 0.463 e. The summed E-state index contributed by atoms with van der Waals surface area (Å²) in [6.07, 6.45) is -3.74. The monoisotopic (exact) mass is 703 g/mol. The second-order valence-corrected chi connectivity index (χ2v) is 12.5. The molecule has 0 radical (unpaired) electrons. The maximum absolute atomic E-state index is 13.2. The van der Waals surface area contributed by atoms with Crippen molar-refractivity contribution in [3.8, 4) is 10.7 Å². The molecule has 0 N–H and O–H groups in total. The third-order valence-corrected chi connectivity index (χ3v) is 9.18. The number of aromatic nitrogens is 5. The molecule has 4 heterocycles. The zero-order chi connectivity index (χ0) is 29.4. The fourth-order valence-electron chi connectivity index (χ4n) is 3.99. The maximum atomic E-state index is 13.2. The molecular weight excluding hydrogens is 686 g/mol. The molecule has 10 nitrogen and oxygen atoms in total. The van der Waals surface area contributed by atoms with E-state index in [1.165, 1.54) is 24.6 Å². The van der Waals surface area contributed by atoms with E-state index in [1.807, 2.05) is 0 Å². The fraction of sp³-hybridized carbons (Fsp3) is 0.455.